The van der Waals surface area contributed by atoms with Crippen LogP contribution in [-0.4, -0.2) is 36.7 Å². The second kappa shape index (κ2) is 11.0. The van der Waals surface area contributed by atoms with Crippen LogP contribution in [0.3, 0.4) is 0 Å². The Labute approximate surface area is 179 Å². The van der Waals surface area contributed by atoms with Crippen LogP contribution in [0.2, 0.25) is 5.02 Å². The maximum Gasteiger partial charge on any atom is 0.123 e. The number of nitrogens with one attached hydrogen (secondary N) is 3. The number of hydrogen-bond acceptors (Lipinski definition) is 5. The number of nitrogens with two attached hydrogens (primary N) is 1. The van der Waals surface area contributed by atoms with E-state index in [1.165, 1.54) is 11.1 Å². The number of pyridine rings is 1. The smallest absolute Gasteiger partial charge is 0.123 e. The first-order valence-corrected chi connectivity index (χ1v) is 10.0. The summed E-state index contributed by atoms with van der Waals surface area (Å²) in [5, 5.41) is 11.6. The quantitative estimate of drug-likeness (QED) is 0.525. The van der Waals surface area contributed by atoms with Crippen LogP contribution in [-0.2, 0) is 13.0 Å². The van der Waals surface area contributed by atoms with Crippen molar-refractivity contribution in [1.29, 1.82) is 0 Å². The lowest BCUT2D eigenvalue weighted by Gasteiger charge is -2.23. The lowest BCUT2D eigenvalue weighted by molar-refractivity contribution is 0.393. The lowest BCUT2D eigenvalue weighted by atomic mass is 9.96. The molecule has 5 N–H and O–H groups in total. The molecule has 1 aliphatic rings. The summed E-state index contributed by atoms with van der Waals surface area (Å²) in [6.07, 6.45) is 0.948. The van der Waals surface area contributed by atoms with Gasteiger partial charge in [0.15, 0.2) is 0 Å². The van der Waals surface area contributed by atoms with Gasteiger partial charge in [0, 0.05) is 42.4 Å². The van der Waals surface area contributed by atoms with Crippen molar-refractivity contribution >= 4 is 29.8 Å². The van der Waals surface area contributed by atoms with Crippen LogP contribution >= 0.6 is 24.0 Å². The van der Waals surface area contributed by atoms with Gasteiger partial charge in [-0.05, 0) is 68.1 Å². The summed E-state index contributed by atoms with van der Waals surface area (Å²) in [4.78, 5) is 4.50. The number of aryl methyl sites for hydroxylation is 1. The molecule has 0 bridgehead atoms. The first kappa shape index (κ1) is 22.9. The zero-order valence-electron chi connectivity index (χ0n) is 16.5. The fourth-order valence-corrected chi connectivity index (χ4v) is 3.75. The van der Waals surface area contributed by atoms with Gasteiger partial charge < -0.3 is 21.7 Å². The zero-order valence-corrected chi connectivity index (χ0v) is 18.1. The molecule has 5 nitrogen and oxygen atoms in total. The number of rotatable bonds is 8. The van der Waals surface area contributed by atoms with E-state index >= 15 is 0 Å². The molecule has 154 valence electrons. The zero-order chi connectivity index (χ0) is 19.2. The molecular weight excluding hydrogens is 393 g/mol. The van der Waals surface area contributed by atoms with Crippen molar-refractivity contribution in [3.05, 3.63) is 58.2 Å². The number of hydrogen-bond donors (Lipinski definition) is 4. The van der Waals surface area contributed by atoms with Crippen molar-refractivity contribution in [3.63, 3.8) is 0 Å². The molecule has 28 heavy (non-hydrogen) atoms. The highest BCUT2D eigenvalue weighted by atomic mass is 35.5. The standard InChI is InChI=1S/C21H30ClN5.ClH/c1-14-7-19(27-21(23)8-14)9-17-12-24-13-20(17)26-10-15(2)25-11-16-3-5-18(22)6-4-16;/h3-8,15,17,20,24-26H,9-13H2,1-2H3,(H2,23,27);1H/t15-,17-,20+;/m0./s1. The number of halogens is 2. The lowest BCUT2D eigenvalue weighted by Crippen LogP contribution is -2.44. The molecule has 1 aromatic heterocycles. The third-order valence-electron chi connectivity index (χ3n) is 5.11. The minimum absolute atomic E-state index is 0. The molecule has 0 amide bonds. The van der Waals surface area contributed by atoms with Crippen molar-refractivity contribution in [3.8, 4) is 0 Å². The molecular formula is C21H31Cl2N5. The van der Waals surface area contributed by atoms with Crippen LogP contribution in [0.5, 0.6) is 0 Å². The van der Waals surface area contributed by atoms with Crippen molar-refractivity contribution < 1.29 is 0 Å². The summed E-state index contributed by atoms with van der Waals surface area (Å²) in [5.74, 6) is 1.14. The van der Waals surface area contributed by atoms with E-state index in [4.69, 9.17) is 17.3 Å². The van der Waals surface area contributed by atoms with Gasteiger partial charge in [-0.2, -0.15) is 0 Å². The molecule has 0 unspecified atom stereocenters. The predicted octanol–water partition coefficient (Wildman–Crippen LogP) is 2.95. The van der Waals surface area contributed by atoms with Crippen LogP contribution in [0.25, 0.3) is 0 Å². The molecule has 3 rings (SSSR count). The molecule has 2 aromatic rings. The summed E-state index contributed by atoms with van der Waals surface area (Å²) in [6.45, 7) is 8.07. The number of benzene rings is 1. The Bertz CT molecular complexity index is 718. The molecule has 2 heterocycles. The van der Waals surface area contributed by atoms with Gasteiger partial charge in [0.2, 0.25) is 0 Å². The van der Waals surface area contributed by atoms with Crippen molar-refractivity contribution in [2.75, 3.05) is 25.4 Å². The molecule has 1 aromatic carbocycles. The fourth-order valence-electron chi connectivity index (χ4n) is 3.62. The van der Waals surface area contributed by atoms with E-state index in [-0.39, 0.29) is 12.4 Å². The summed E-state index contributed by atoms with van der Waals surface area (Å²) in [5.41, 5.74) is 9.40. The molecule has 0 saturated carbocycles. The number of nitrogen functional groups attached to an aromatic ring is 1. The van der Waals surface area contributed by atoms with Gasteiger partial charge in [0.1, 0.15) is 5.82 Å². The highest BCUT2D eigenvalue weighted by Crippen LogP contribution is 2.17. The normalized spacial score (nSPS) is 20.0. The number of nitrogens with zero attached hydrogens (tertiary/aromatic N) is 1. The van der Waals surface area contributed by atoms with Crippen molar-refractivity contribution in [1.82, 2.24) is 20.9 Å². The molecule has 0 aliphatic carbocycles. The van der Waals surface area contributed by atoms with Crippen LogP contribution in [0.1, 0.15) is 23.7 Å². The molecule has 1 saturated heterocycles. The SMILES string of the molecule is Cc1cc(N)nc(C[C@H]2CNC[C@H]2NC[C@H](C)NCc2ccc(Cl)cc2)c1.Cl. The topological polar surface area (TPSA) is 75.0 Å². The Balaban J connectivity index is 0.00000280. The molecule has 0 spiro atoms. The van der Waals surface area contributed by atoms with Gasteiger partial charge in [-0.25, -0.2) is 4.98 Å². The number of aromatic nitrogens is 1. The molecule has 1 fully saturated rings. The van der Waals surface area contributed by atoms with E-state index in [2.05, 4.69) is 53.0 Å². The third kappa shape index (κ3) is 6.90. The second-order valence-electron chi connectivity index (χ2n) is 7.61. The Morgan fingerprint density at radius 3 is 2.71 bits per heavy atom. The summed E-state index contributed by atoms with van der Waals surface area (Å²) in [6, 6.07) is 12.9. The maximum atomic E-state index is 5.94. The second-order valence-corrected chi connectivity index (χ2v) is 8.04. The molecule has 3 atom stereocenters. The highest BCUT2D eigenvalue weighted by molar-refractivity contribution is 6.30. The van der Waals surface area contributed by atoms with E-state index in [0.29, 0.717) is 23.8 Å². The maximum absolute atomic E-state index is 5.94. The van der Waals surface area contributed by atoms with Crippen molar-refractivity contribution in [2.24, 2.45) is 5.92 Å². The summed E-state index contributed by atoms with van der Waals surface area (Å²) in [7, 11) is 0. The average molecular weight is 424 g/mol. The predicted molar refractivity (Wildman–Crippen MR) is 120 cm³/mol. The van der Waals surface area contributed by atoms with E-state index in [9.17, 15) is 0 Å². The first-order chi connectivity index (χ1) is 13.0. The fraction of sp³-hybridized carbons (Fsp3) is 0.476. The van der Waals surface area contributed by atoms with Gasteiger partial charge in [-0.3, -0.25) is 0 Å². The van der Waals surface area contributed by atoms with Crippen LogP contribution in [0.4, 0.5) is 5.82 Å². The molecule has 7 heteroatoms. The minimum atomic E-state index is 0. The first-order valence-electron chi connectivity index (χ1n) is 9.64. The molecule has 1 aliphatic heterocycles. The Morgan fingerprint density at radius 1 is 1.25 bits per heavy atom. The van der Waals surface area contributed by atoms with E-state index in [0.717, 1.165) is 43.3 Å². The van der Waals surface area contributed by atoms with Gasteiger partial charge in [-0.1, -0.05) is 23.7 Å². The minimum Gasteiger partial charge on any atom is -0.384 e. The number of anilines is 1. The Hall–Kier alpha value is -1.37. The van der Waals surface area contributed by atoms with Gasteiger partial charge in [-0.15, -0.1) is 12.4 Å². The van der Waals surface area contributed by atoms with Crippen LogP contribution in [0, 0.1) is 12.8 Å². The Kier molecular flexibility index (Phi) is 8.99. The largest absolute Gasteiger partial charge is 0.384 e. The van der Waals surface area contributed by atoms with Crippen LogP contribution in [0.15, 0.2) is 36.4 Å². The Morgan fingerprint density at radius 2 is 2.00 bits per heavy atom. The van der Waals surface area contributed by atoms with Gasteiger partial charge in [0.25, 0.3) is 0 Å². The van der Waals surface area contributed by atoms with Crippen molar-refractivity contribution in [2.45, 2.75) is 38.9 Å². The highest BCUT2D eigenvalue weighted by Gasteiger charge is 2.27. The van der Waals surface area contributed by atoms with Crippen LogP contribution < -0.4 is 21.7 Å². The average Bonchev–Trinajstić information content (AvgIpc) is 3.05. The summed E-state index contributed by atoms with van der Waals surface area (Å²) < 4.78 is 0. The monoisotopic (exact) mass is 423 g/mol. The molecule has 0 radical (unpaired) electrons. The third-order valence-corrected chi connectivity index (χ3v) is 5.36. The van der Waals surface area contributed by atoms with E-state index in [1.807, 2.05) is 18.2 Å². The summed E-state index contributed by atoms with van der Waals surface area (Å²) >= 11 is 5.94. The van der Waals surface area contributed by atoms with E-state index in [1.54, 1.807) is 0 Å². The van der Waals surface area contributed by atoms with Gasteiger partial charge >= 0.3 is 0 Å². The van der Waals surface area contributed by atoms with E-state index < -0.39 is 0 Å². The van der Waals surface area contributed by atoms with Gasteiger partial charge in [0.05, 0.1) is 0 Å².